The van der Waals surface area contributed by atoms with Gasteiger partial charge in [0.2, 0.25) is 0 Å². The Labute approximate surface area is 113 Å². The molecule has 0 saturated heterocycles. The summed E-state index contributed by atoms with van der Waals surface area (Å²) in [5, 5.41) is 12.2. The number of rotatable bonds is 2. The van der Waals surface area contributed by atoms with E-state index in [2.05, 4.69) is 6.92 Å². The highest BCUT2D eigenvalue weighted by Crippen LogP contribution is 2.46. The first-order valence-electron chi connectivity index (χ1n) is 6.26. The number of hydrogen-bond acceptors (Lipinski definition) is 1. The molecule has 2 unspecified atom stereocenters. The molecule has 3 heteroatoms. The third-order valence-corrected chi connectivity index (χ3v) is 4.49. The van der Waals surface area contributed by atoms with E-state index in [1.165, 1.54) is 6.42 Å². The van der Waals surface area contributed by atoms with Crippen molar-refractivity contribution in [2.75, 3.05) is 0 Å². The summed E-state index contributed by atoms with van der Waals surface area (Å²) < 4.78 is 0. The van der Waals surface area contributed by atoms with Crippen molar-refractivity contribution in [1.82, 2.24) is 0 Å². The fourth-order valence-electron chi connectivity index (χ4n) is 2.95. The van der Waals surface area contributed by atoms with E-state index >= 15 is 0 Å². The minimum atomic E-state index is -0.797. The molecular formula is C14H18Cl2O. The van der Waals surface area contributed by atoms with E-state index in [1.54, 1.807) is 12.1 Å². The summed E-state index contributed by atoms with van der Waals surface area (Å²) in [6.07, 6.45) is 5.07. The first kappa shape index (κ1) is 13.2. The SMILES string of the molecule is CCC1CCCCC1(O)c1cc(Cl)ccc1Cl. The molecule has 1 aliphatic rings. The third kappa shape index (κ3) is 2.47. The maximum atomic E-state index is 11.0. The molecule has 17 heavy (non-hydrogen) atoms. The molecule has 1 aliphatic carbocycles. The van der Waals surface area contributed by atoms with Crippen molar-refractivity contribution in [2.45, 2.75) is 44.6 Å². The van der Waals surface area contributed by atoms with Crippen molar-refractivity contribution in [3.8, 4) is 0 Å². The summed E-state index contributed by atoms with van der Waals surface area (Å²) in [5.41, 5.74) is 0.00726. The molecule has 1 aromatic rings. The van der Waals surface area contributed by atoms with Gasteiger partial charge in [-0.2, -0.15) is 0 Å². The molecule has 1 N–H and O–H groups in total. The Kier molecular flexibility index (Phi) is 4.02. The number of hydrogen-bond donors (Lipinski definition) is 1. The van der Waals surface area contributed by atoms with E-state index in [-0.39, 0.29) is 5.92 Å². The molecule has 1 nitrogen and oxygen atoms in total. The van der Waals surface area contributed by atoms with Crippen molar-refractivity contribution >= 4 is 23.2 Å². The molecule has 94 valence electrons. The van der Waals surface area contributed by atoms with Gasteiger partial charge in [-0.25, -0.2) is 0 Å². The maximum Gasteiger partial charge on any atom is 0.0939 e. The van der Waals surface area contributed by atoms with Gasteiger partial charge in [0.1, 0.15) is 0 Å². The quantitative estimate of drug-likeness (QED) is 0.822. The molecule has 1 fully saturated rings. The fraction of sp³-hybridized carbons (Fsp3) is 0.571. The standard InChI is InChI=1S/C14H18Cl2O/c1-2-10-5-3-4-8-14(10,17)12-9-11(15)6-7-13(12)16/h6-7,9-10,17H,2-5,8H2,1H3. The van der Waals surface area contributed by atoms with Crippen LogP contribution >= 0.6 is 23.2 Å². The molecule has 2 atom stereocenters. The van der Waals surface area contributed by atoms with Crippen LogP contribution in [0.15, 0.2) is 18.2 Å². The van der Waals surface area contributed by atoms with Crippen molar-refractivity contribution in [2.24, 2.45) is 5.92 Å². The second-order valence-corrected chi connectivity index (χ2v) is 5.74. The lowest BCUT2D eigenvalue weighted by Crippen LogP contribution is -2.38. The lowest BCUT2D eigenvalue weighted by molar-refractivity contribution is -0.0556. The lowest BCUT2D eigenvalue weighted by Gasteiger charge is -2.40. The summed E-state index contributed by atoms with van der Waals surface area (Å²) in [7, 11) is 0. The van der Waals surface area contributed by atoms with E-state index in [0.717, 1.165) is 31.2 Å². The average Bonchev–Trinajstić information content (AvgIpc) is 2.33. The molecule has 0 amide bonds. The summed E-state index contributed by atoms with van der Waals surface area (Å²) in [5.74, 6) is 0.284. The number of aliphatic hydroxyl groups is 1. The van der Waals surface area contributed by atoms with Crippen LogP contribution in [-0.2, 0) is 5.60 Å². The molecule has 0 radical (unpaired) electrons. The van der Waals surface area contributed by atoms with Crippen LogP contribution in [0.1, 0.15) is 44.6 Å². The van der Waals surface area contributed by atoms with Gasteiger partial charge in [0.05, 0.1) is 5.60 Å². The van der Waals surface area contributed by atoms with Crippen LogP contribution in [0, 0.1) is 5.92 Å². The minimum absolute atomic E-state index is 0.284. The van der Waals surface area contributed by atoms with Gasteiger partial charge in [-0.15, -0.1) is 0 Å². The van der Waals surface area contributed by atoms with Crippen LogP contribution in [0.4, 0.5) is 0 Å². The summed E-state index contributed by atoms with van der Waals surface area (Å²) in [4.78, 5) is 0. The number of halogens is 2. The first-order chi connectivity index (χ1) is 8.08. The zero-order valence-corrected chi connectivity index (χ0v) is 11.6. The van der Waals surface area contributed by atoms with Gasteiger partial charge >= 0.3 is 0 Å². The van der Waals surface area contributed by atoms with E-state index in [9.17, 15) is 5.11 Å². The second kappa shape index (κ2) is 5.17. The fourth-order valence-corrected chi connectivity index (χ4v) is 3.41. The van der Waals surface area contributed by atoms with Crippen LogP contribution < -0.4 is 0 Å². The number of benzene rings is 1. The van der Waals surface area contributed by atoms with Crippen molar-refractivity contribution in [3.05, 3.63) is 33.8 Å². The zero-order valence-electron chi connectivity index (χ0n) is 10.0. The first-order valence-corrected chi connectivity index (χ1v) is 7.01. The van der Waals surface area contributed by atoms with Gasteiger partial charge in [0.25, 0.3) is 0 Å². The van der Waals surface area contributed by atoms with Gasteiger partial charge in [-0.05, 0) is 37.0 Å². The Morgan fingerprint density at radius 3 is 2.82 bits per heavy atom. The highest BCUT2D eigenvalue weighted by molar-refractivity contribution is 6.33. The van der Waals surface area contributed by atoms with Crippen LogP contribution in [0.5, 0.6) is 0 Å². The van der Waals surface area contributed by atoms with E-state index in [4.69, 9.17) is 23.2 Å². The highest BCUT2D eigenvalue weighted by atomic mass is 35.5. The van der Waals surface area contributed by atoms with Gasteiger partial charge in [0, 0.05) is 15.6 Å². The highest BCUT2D eigenvalue weighted by Gasteiger charge is 2.40. The Hall–Kier alpha value is -0.240. The van der Waals surface area contributed by atoms with Crippen molar-refractivity contribution in [1.29, 1.82) is 0 Å². The normalized spacial score (nSPS) is 29.3. The predicted molar refractivity (Wildman–Crippen MR) is 72.6 cm³/mol. The average molecular weight is 273 g/mol. The Morgan fingerprint density at radius 2 is 2.12 bits per heavy atom. The molecule has 1 aromatic carbocycles. The van der Waals surface area contributed by atoms with Gasteiger partial charge in [0.15, 0.2) is 0 Å². The van der Waals surface area contributed by atoms with Gasteiger partial charge in [-0.3, -0.25) is 0 Å². The van der Waals surface area contributed by atoms with E-state index in [1.807, 2.05) is 6.07 Å². The molecule has 2 rings (SSSR count). The van der Waals surface area contributed by atoms with Gasteiger partial charge < -0.3 is 5.11 Å². The molecule has 0 spiro atoms. The smallest absolute Gasteiger partial charge is 0.0939 e. The second-order valence-electron chi connectivity index (χ2n) is 4.90. The largest absolute Gasteiger partial charge is 0.385 e. The van der Waals surface area contributed by atoms with Crippen molar-refractivity contribution in [3.63, 3.8) is 0 Å². The molecule has 0 aromatic heterocycles. The molecule has 1 saturated carbocycles. The topological polar surface area (TPSA) is 20.2 Å². The zero-order chi connectivity index (χ0) is 12.5. The predicted octanol–water partition coefficient (Wildman–Crippen LogP) is 4.78. The summed E-state index contributed by atoms with van der Waals surface area (Å²) in [6.45, 7) is 2.12. The van der Waals surface area contributed by atoms with Crippen LogP contribution in [0.3, 0.4) is 0 Å². The summed E-state index contributed by atoms with van der Waals surface area (Å²) in [6, 6.07) is 5.36. The molecular weight excluding hydrogens is 255 g/mol. The Balaban J connectivity index is 2.44. The van der Waals surface area contributed by atoms with Crippen LogP contribution in [0.25, 0.3) is 0 Å². The molecule has 0 bridgehead atoms. The van der Waals surface area contributed by atoms with Crippen molar-refractivity contribution < 1.29 is 5.11 Å². The van der Waals surface area contributed by atoms with Crippen LogP contribution in [-0.4, -0.2) is 5.11 Å². The molecule has 0 heterocycles. The summed E-state index contributed by atoms with van der Waals surface area (Å²) >= 11 is 12.2. The van der Waals surface area contributed by atoms with E-state index < -0.39 is 5.60 Å². The maximum absolute atomic E-state index is 11.0. The Morgan fingerprint density at radius 1 is 1.35 bits per heavy atom. The monoisotopic (exact) mass is 272 g/mol. The minimum Gasteiger partial charge on any atom is -0.385 e. The van der Waals surface area contributed by atoms with Gasteiger partial charge in [-0.1, -0.05) is 49.4 Å². The molecule has 0 aliphatic heterocycles. The third-order valence-electron chi connectivity index (χ3n) is 3.92. The van der Waals surface area contributed by atoms with Crippen LogP contribution in [0.2, 0.25) is 10.0 Å². The lowest BCUT2D eigenvalue weighted by atomic mass is 9.70. The Bertz CT molecular complexity index is 405. The van der Waals surface area contributed by atoms with E-state index in [0.29, 0.717) is 10.0 Å².